The van der Waals surface area contributed by atoms with Crippen LogP contribution in [0.4, 0.5) is 4.39 Å². The summed E-state index contributed by atoms with van der Waals surface area (Å²) in [7, 11) is 1.70. The summed E-state index contributed by atoms with van der Waals surface area (Å²) in [5, 5.41) is 2.68. The molecule has 0 aromatic heterocycles. The van der Waals surface area contributed by atoms with Crippen LogP contribution in [0.15, 0.2) is 0 Å². The van der Waals surface area contributed by atoms with E-state index in [0.717, 1.165) is 0 Å². The summed E-state index contributed by atoms with van der Waals surface area (Å²) >= 11 is 0. The normalized spacial score (nSPS) is 11.2. The Balaban J connectivity index is 0. The Morgan fingerprint density at radius 1 is 1.78 bits per heavy atom. The first-order chi connectivity index (χ1) is 3.81. The zero-order valence-electron chi connectivity index (χ0n) is 5.36. The molecule has 0 spiro atoms. The number of hydrogen-bond donors (Lipinski definition) is 1. The maximum atomic E-state index is 12.2. The van der Waals surface area contributed by atoms with Crippen LogP contribution in [0, 0.1) is 12.3 Å². The van der Waals surface area contributed by atoms with Crippen molar-refractivity contribution >= 4 is 12.4 Å². The summed E-state index contributed by atoms with van der Waals surface area (Å²) in [6, 6.07) is 0. The average molecular weight is 152 g/mol. The third-order valence-corrected chi connectivity index (χ3v) is 0.765. The fourth-order valence-electron chi connectivity index (χ4n) is 0.422. The standard InChI is InChI=1S/C6H10FN.ClH/c1-3-4-6(7)5-8-2;/h1,6,8H,4-5H2,2H3;1H. The maximum Gasteiger partial charge on any atom is 0.123 e. The van der Waals surface area contributed by atoms with Gasteiger partial charge in [0, 0.05) is 13.0 Å². The van der Waals surface area contributed by atoms with Gasteiger partial charge in [0.1, 0.15) is 6.17 Å². The van der Waals surface area contributed by atoms with E-state index in [2.05, 4.69) is 11.2 Å². The van der Waals surface area contributed by atoms with Gasteiger partial charge in [0.25, 0.3) is 0 Å². The number of halogens is 2. The minimum absolute atomic E-state index is 0. The van der Waals surface area contributed by atoms with E-state index >= 15 is 0 Å². The van der Waals surface area contributed by atoms with Gasteiger partial charge in [-0.3, -0.25) is 0 Å². The molecule has 0 fully saturated rings. The summed E-state index contributed by atoms with van der Waals surface area (Å²) in [5.74, 6) is 2.24. The van der Waals surface area contributed by atoms with Crippen molar-refractivity contribution in [3.63, 3.8) is 0 Å². The molecule has 0 heterocycles. The molecule has 1 unspecified atom stereocenters. The van der Waals surface area contributed by atoms with Crippen LogP contribution < -0.4 is 5.32 Å². The van der Waals surface area contributed by atoms with Crippen molar-refractivity contribution in [1.82, 2.24) is 5.32 Å². The Hall–Kier alpha value is -0.260. The summed E-state index contributed by atoms with van der Waals surface area (Å²) in [6.45, 7) is 0.351. The van der Waals surface area contributed by atoms with E-state index in [4.69, 9.17) is 6.42 Å². The van der Waals surface area contributed by atoms with Crippen molar-refractivity contribution in [1.29, 1.82) is 0 Å². The highest BCUT2D eigenvalue weighted by Crippen LogP contribution is 1.91. The van der Waals surface area contributed by atoms with E-state index in [1.54, 1.807) is 7.05 Å². The number of nitrogens with one attached hydrogen (secondary N) is 1. The second kappa shape index (κ2) is 7.74. The molecule has 0 rings (SSSR count). The number of hydrogen-bond acceptors (Lipinski definition) is 1. The zero-order chi connectivity index (χ0) is 6.41. The van der Waals surface area contributed by atoms with Gasteiger partial charge in [0.2, 0.25) is 0 Å². The molecule has 1 nitrogen and oxygen atoms in total. The van der Waals surface area contributed by atoms with E-state index in [0.29, 0.717) is 6.54 Å². The lowest BCUT2D eigenvalue weighted by Crippen LogP contribution is -2.18. The van der Waals surface area contributed by atoms with Crippen LogP contribution in [0.2, 0.25) is 0 Å². The molecule has 9 heavy (non-hydrogen) atoms. The lowest BCUT2D eigenvalue weighted by atomic mass is 10.3. The summed E-state index contributed by atoms with van der Waals surface area (Å²) in [5.41, 5.74) is 0. The quantitative estimate of drug-likeness (QED) is 0.594. The van der Waals surface area contributed by atoms with Gasteiger partial charge in [-0.2, -0.15) is 0 Å². The van der Waals surface area contributed by atoms with E-state index < -0.39 is 6.17 Å². The predicted octanol–water partition coefficient (Wildman–Crippen LogP) is 0.989. The Labute approximate surface area is 61.4 Å². The molecule has 54 valence electrons. The third-order valence-electron chi connectivity index (χ3n) is 0.765. The van der Waals surface area contributed by atoms with Gasteiger partial charge in [0.05, 0.1) is 0 Å². The van der Waals surface area contributed by atoms with Crippen molar-refractivity contribution in [2.75, 3.05) is 13.6 Å². The topological polar surface area (TPSA) is 12.0 Å². The average Bonchev–Trinajstić information content (AvgIpc) is 1.68. The van der Waals surface area contributed by atoms with E-state index in [9.17, 15) is 4.39 Å². The van der Waals surface area contributed by atoms with Crippen molar-refractivity contribution < 1.29 is 4.39 Å². The Morgan fingerprint density at radius 2 is 2.33 bits per heavy atom. The first-order valence-electron chi connectivity index (χ1n) is 2.53. The lowest BCUT2D eigenvalue weighted by molar-refractivity contribution is 0.332. The molecule has 0 radical (unpaired) electrons. The molecule has 3 heteroatoms. The van der Waals surface area contributed by atoms with Crippen molar-refractivity contribution in [3.05, 3.63) is 0 Å². The minimum atomic E-state index is -0.884. The van der Waals surface area contributed by atoms with Crippen LogP contribution in [0.3, 0.4) is 0 Å². The van der Waals surface area contributed by atoms with Crippen molar-refractivity contribution in [2.24, 2.45) is 0 Å². The minimum Gasteiger partial charge on any atom is -0.317 e. The van der Waals surface area contributed by atoms with E-state index in [1.807, 2.05) is 0 Å². The number of alkyl halides is 1. The molecular formula is C6H11ClFN. The highest BCUT2D eigenvalue weighted by atomic mass is 35.5. The van der Waals surface area contributed by atoms with Crippen LogP contribution >= 0.6 is 12.4 Å². The monoisotopic (exact) mass is 151 g/mol. The number of rotatable bonds is 3. The summed E-state index contributed by atoms with van der Waals surface area (Å²) in [4.78, 5) is 0. The van der Waals surface area contributed by atoms with Gasteiger partial charge in [-0.25, -0.2) is 4.39 Å². The SMILES string of the molecule is C#CCC(F)CNC.Cl. The van der Waals surface area contributed by atoms with Gasteiger partial charge in [-0.05, 0) is 7.05 Å². The molecule has 0 aliphatic rings. The van der Waals surface area contributed by atoms with Crippen LogP contribution in [0.1, 0.15) is 6.42 Å². The van der Waals surface area contributed by atoms with Crippen molar-refractivity contribution in [3.8, 4) is 12.3 Å². The maximum absolute atomic E-state index is 12.2. The summed E-state index contributed by atoms with van der Waals surface area (Å²) < 4.78 is 12.2. The third kappa shape index (κ3) is 7.74. The Kier molecular flexibility index (Phi) is 9.91. The highest BCUT2D eigenvalue weighted by Gasteiger charge is 1.99. The van der Waals surface area contributed by atoms with Gasteiger partial charge < -0.3 is 5.32 Å². The second-order valence-electron chi connectivity index (χ2n) is 1.56. The molecule has 0 aliphatic carbocycles. The molecule has 0 aromatic rings. The molecular weight excluding hydrogens is 141 g/mol. The van der Waals surface area contributed by atoms with Gasteiger partial charge in [-0.1, -0.05) is 0 Å². The Morgan fingerprint density at radius 3 is 2.67 bits per heavy atom. The lowest BCUT2D eigenvalue weighted by Gasteiger charge is -1.99. The molecule has 0 saturated carbocycles. The van der Waals surface area contributed by atoms with Gasteiger partial charge in [0.15, 0.2) is 0 Å². The first kappa shape index (κ1) is 11.5. The van der Waals surface area contributed by atoms with Gasteiger partial charge in [-0.15, -0.1) is 24.8 Å². The van der Waals surface area contributed by atoms with Crippen LogP contribution in [0.5, 0.6) is 0 Å². The van der Waals surface area contributed by atoms with Crippen LogP contribution in [-0.4, -0.2) is 19.8 Å². The van der Waals surface area contributed by atoms with Crippen LogP contribution in [0.25, 0.3) is 0 Å². The second-order valence-corrected chi connectivity index (χ2v) is 1.56. The summed E-state index contributed by atoms with van der Waals surface area (Å²) in [6.07, 6.45) is 4.17. The fourth-order valence-corrected chi connectivity index (χ4v) is 0.422. The fraction of sp³-hybridized carbons (Fsp3) is 0.667. The number of terminal acetylenes is 1. The molecule has 0 bridgehead atoms. The Bertz CT molecular complexity index is 89.5. The van der Waals surface area contributed by atoms with E-state index in [-0.39, 0.29) is 18.8 Å². The molecule has 0 amide bonds. The molecule has 0 aromatic carbocycles. The van der Waals surface area contributed by atoms with Gasteiger partial charge >= 0.3 is 0 Å². The highest BCUT2D eigenvalue weighted by molar-refractivity contribution is 5.85. The zero-order valence-corrected chi connectivity index (χ0v) is 6.17. The predicted molar refractivity (Wildman–Crippen MR) is 39.5 cm³/mol. The molecule has 0 aliphatic heterocycles. The van der Waals surface area contributed by atoms with Crippen LogP contribution in [-0.2, 0) is 0 Å². The van der Waals surface area contributed by atoms with Crippen molar-refractivity contribution in [2.45, 2.75) is 12.6 Å². The van der Waals surface area contributed by atoms with E-state index in [1.165, 1.54) is 0 Å². The molecule has 0 saturated heterocycles. The first-order valence-corrected chi connectivity index (χ1v) is 2.53. The molecule has 1 atom stereocenters. The smallest absolute Gasteiger partial charge is 0.123 e. The molecule has 1 N–H and O–H groups in total. The largest absolute Gasteiger partial charge is 0.317 e.